The Kier molecular flexibility index (Phi) is 5.76. The number of halogens is 1. The first kappa shape index (κ1) is 17.0. The average Bonchev–Trinajstić information content (AvgIpc) is 2.99. The molecule has 1 aromatic heterocycles. The van der Waals surface area contributed by atoms with Crippen LogP contribution in [-0.2, 0) is 4.79 Å². The highest BCUT2D eigenvalue weighted by atomic mass is 35.5. The molecule has 0 bridgehead atoms. The Bertz CT molecular complexity index is 571. The van der Waals surface area contributed by atoms with Crippen molar-refractivity contribution in [2.24, 2.45) is 11.8 Å². The van der Waals surface area contributed by atoms with E-state index in [0.29, 0.717) is 15.3 Å². The molecule has 126 valence electrons. The number of Topliss-reactive ketones (excluding diaryl/α,β-unsaturated/α-hetero) is 1. The van der Waals surface area contributed by atoms with Gasteiger partial charge in [0.15, 0.2) is 5.78 Å². The number of fused-ring (bicyclic) bond motifs is 1. The normalized spacial score (nSPS) is 27.3. The Labute approximate surface area is 146 Å². The van der Waals surface area contributed by atoms with Gasteiger partial charge in [0.2, 0.25) is 5.91 Å². The summed E-state index contributed by atoms with van der Waals surface area (Å²) in [5.74, 6) is 1.72. The molecule has 0 saturated heterocycles. The minimum Gasteiger partial charge on any atom is -0.353 e. The summed E-state index contributed by atoms with van der Waals surface area (Å²) in [5, 5.41) is 3.15. The number of rotatable bonds is 5. The number of carbonyl (C=O) groups excluding carboxylic acids is 2. The second kappa shape index (κ2) is 7.80. The summed E-state index contributed by atoms with van der Waals surface area (Å²) >= 11 is 7.12. The molecule has 3 rings (SSSR count). The van der Waals surface area contributed by atoms with Crippen molar-refractivity contribution in [3.8, 4) is 0 Å². The lowest BCUT2D eigenvalue weighted by atomic mass is 9.69. The summed E-state index contributed by atoms with van der Waals surface area (Å²) in [6, 6.07) is 3.77. The van der Waals surface area contributed by atoms with Crippen LogP contribution in [0.4, 0.5) is 0 Å². The Morgan fingerprint density at radius 2 is 1.87 bits per heavy atom. The molecule has 3 atom stereocenters. The Balaban J connectivity index is 1.42. The van der Waals surface area contributed by atoms with Crippen LogP contribution in [0.5, 0.6) is 0 Å². The fourth-order valence-corrected chi connectivity index (χ4v) is 5.13. The lowest BCUT2D eigenvalue weighted by Gasteiger charge is -2.39. The highest BCUT2D eigenvalue weighted by molar-refractivity contribution is 7.18. The molecule has 2 aliphatic carbocycles. The number of amides is 1. The first-order valence-corrected chi connectivity index (χ1v) is 9.89. The Morgan fingerprint density at radius 3 is 2.61 bits per heavy atom. The molecule has 5 heteroatoms. The van der Waals surface area contributed by atoms with E-state index >= 15 is 0 Å². The summed E-state index contributed by atoms with van der Waals surface area (Å²) < 4.78 is 0.613. The average molecular weight is 354 g/mol. The molecule has 0 aliphatic heterocycles. The smallest absolute Gasteiger partial charge is 0.220 e. The van der Waals surface area contributed by atoms with E-state index < -0.39 is 0 Å². The van der Waals surface area contributed by atoms with Crippen molar-refractivity contribution < 1.29 is 9.59 Å². The van der Waals surface area contributed by atoms with E-state index in [0.717, 1.165) is 24.7 Å². The second-order valence-electron chi connectivity index (χ2n) is 6.91. The Morgan fingerprint density at radius 1 is 1.09 bits per heavy atom. The molecule has 3 nitrogen and oxygen atoms in total. The lowest BCUT2D eigenvalue weighted by Crippen LogP contribution is -2.41. The number of thiophene rings is 1. The molecule has 1 aromatic rings. The lowest BCUT2D eigenvalue weighted by molar-refractivity contribution is -0.122. The zero-order chi connectivity index (χ0) is 16.2. The molecule has 2 saturated carbocycles. The quantitative estimate of drug-likeness (QED) is 0.770. The van der Waals surface area contributed by atoms with Crippen LogP contribution < -0.4 is 5.32 Å². The number of nitrogens with one attached hydrogen (secondary N) is 1. The zero-order valence-electron chi connectivity index (χ0n) is 13.4. The van der Waals surface area contributed by atoms with Gasteiger partial charge in [0, 0.05) is 18.9 Å². The minimum absolute atomic E-state index is 0.00744. The number of hydrogen-bond acceptors (Lipinski definition) is 3. The first-order valence-electron chi connectivity index (χ1n) is 8.69. The number of ketones is 1. The molecule has 0 spiro atoms. The summed E-state index contributed by atoms with van der Waals surface area (Å²) in [5.41, 5.74) is 0. The molecule has 1 N–H and O–H groups in total. The van der Waals surface area contributed by atoms with Gasteiger partial charge in [-0.2, -0.15) is 0 Å². The van der Waals surface area contributed by atoms with Crippen molar-refractivity contribution in [1.29, 1.82) is 0 Å². The van der Waals surface area contributed by atoms with E-state index in [-0.39, 0.29) is 24.5 Å². The van der Waals surface area contributed by atoms with Gasteiger partial charge in [0.05, 0.1) is 9.21 Å². The molecule has 1 amide bonds. The van der Waals surface area contributed by atoms with E-state index in [9.17, 15) is 9.59 Å². The van der Waals surface area contributed by atoms with Gasteiger partial charge in [0.1, 0.15) is 0 Å². The standard InChI is InChI=1S/C18H24ClNO2S/c19-17-9-8-16(23-17)15(21)7-10-18(22)20-14-6-5-12-3-1-2-4-13(12)11-14/h8-9,12-14H,1-7,10-11H2,(H,20,22)/t12-,13-,14+/m0/s1. The maximum Gasteiger partial charge on any atom is 0.220 e. The van der Waals surface area contributed by atoms with E-state index in [2.05, 4.69) is 5.32 Å². The highest BCUT2D eigenvalue weighted by Gasteiger charge is 2.32. The maximum atomic E-state index is 12.1. The van der Waals surface area contributed by atoms with Crippen molar-refractivity contribution in [2.75, 3.05) is 0 Å². The van der Waals surface area contributed by atoms with Crippen LogP contribution >= 0.6 is 22.9 Å². The van der Waals surface area contributed by atoms with Crippen LogP contribution in [0, 0.1) is 11.8 Å². The third-order valence-electron chi connectivity index (χ3n) is 5.33. The second-order valence-corrected chi connectivity index (χ2v) is 8.62. The molecule has 2 aliphatic rings. The van der Waals surface area contributed by atoms with Crippen molar-refractivity contribution >= 4 is 34.6 Å². The van der Waals surface area contributed by atoms with Crippen molar-refractivity contribution in [2.45, 2.75) is 63.8 Å². The van der Waals surface area contributed by atoms with Gasteiger partial charge < -0.3 is 5.32 Å². The topological polar surface area (TPSA) is 46.2 Å². The third kappa shape index (κ3) is 4.57. The van der Waals surface area contributed by atoms with Gasteiger partial charge in [-0.15, -0.1) is 11.3 Å². The van der Waals surface area contributed by atoms with Crippen molar-refractivity contribution in [1.82, 2.24) is 5.32 Å². The molecular formula is C18H24ClNO2S. The van der Waals surface area contributed by atoms with Crippen LogP contribution in [0.15, 0.2) is 12.1 Å². The zero-order valence-corrected chi connectivity index (χ0v) is 14.9. The van der Waals surface area contributed by atoms with E-state index in [1.54, 1.807) is 12.1 Å². The number of hydrogen-bond donors (Lipinski definition) is 1. The molecule has 1 heterocycles. The predicted octanol–water partition coefficient (Wildman–Crippen LogP) is 4.84. The number of carbonyl (C=O) groups is 2. The maximum absolute atomic E-state index is 12.1. The van der Waals surface area contributed by atoms with Gasteiger partial charge in [-0.1, -0.05) is 37.3 Å². The van der Waals surface area contributed by atoms with Gasteiger partial charge in [0.25, 0.3) is 0 Å². The summed E-state index contributed by atoms with van der Waals surface area (Å²) in [6.07, 6.45) is 9.46. The highest BCUT2D eigenvalue weighted by Crippen LogP contribution is 2.40. The van der Waals surface area contributed by atoms with E-state index in [4.69, 9.17) is 11.6 Å². The van der Waals surface area contributed by atoms with Crippen LogP contribution in [0.3, 0.4) is 0 Å². The van der Waals surface area contributed by atoms with Gasteiger partial charge in [-0.3, -0.25) is 9.59 Å². The molecule has 23 heavy (non-hydrogen) atoms. The summed E-state index contributed by atoms with van der Waals surface area (Å²) in [7, 11) is 0. The minimum atomic E-state index is 0.00744. The largest absolute Gasteiger partial charge is 0.353 e. The summed E-state index contributed by atoms with van der Waals surface area (Å²) in [4.78, 5) is 24.8. The fraction of sp³-hybridized carbons (Fsp3) is 0.667. The van der Waals surface area contributed by atoms with Crippen LogP contribution in [-0.4, -0.2) is 17.7 Å². The molecule has 0 aromatic carbocycles. The molecular weight excluding hydrogens is 330 g/mol. The summed E-state index contributed by atoms with van der Waals surface area (Å²) in [6.45, 7) is 0. The van der Waals surface area contributed by atoms with Gasteiger partial charge in [-0.05, 0) is 43.2 Å². The molecule has 2 fully saturated rings. The van der Waals surface area contributed by atoms with E-state index in [1.165, 1.54) is 43.4 Å². The molecule has 0 unspecified atom stereocenters. The van der Waals surface area contributed by atoms with Crippen LogP contribution in [0.2, 0.25) is 4.34 Å². The molecule has 0 radical (unpaired) electrons. The van der Waals surface area contributed by atoms with Crippen molar-refractivity contribution in [3.63, 3.8) is 0 Å². The van der Waals surface area contributed by atoms with Crippen LogP contribution in [0.25, 0.3) is 0 Å². The first-order chi connectivity index (χ1) is 11.1. The van der Waals surface area contributed by atoms with Gasteiger partial charge >= 0.3 is 0 Å². The van der Waals surface area contributed by atoms with Gasteiger partial charge in [-0.25, -0.2) is 0 Å². The van der Waals surface area contributed by atoms with Crippen LogP contribution in [0.1, 0.15) is 67.5 Å². The predicted molar refractivity (Wildman–Crippen MR) is 94.1 cm³/mol. The monoisotopic (exact) mass is 353 g/mol. The van der Waals surface area contributed by atoms with E-state index in [1.807, 2.05) is 0 Å². The third-order valence-corrected chi connectivity index (χ3v) is 6.60. The SMILES string of the molecule is O=C(CCC(=O)c1ccc(Cl)s1)N[C@@H]1CC[C@@H]2CCCC[C@H]2C1. The Hall–Kier alpha value is -0.870. The fourth-order valence-electron chi connectivity index (χ4n) is 4.12. The van der Waals surface area contributed by atoms with Crippen molar-refractivity contribution in [3.05, 3.63) is 21.3 Å².